The van der Waals surface area contributed by atoms with E-state index in [0.29, 0.717) is 0 Å². The fourth-order valence-corrected chi connectivity index (χ4v) is 3.42. The molecule has 0 N–H and O–H groups in total. The van der Waals surface area contributed by atoms with Gasteiger partial charge in [0.05, 0.1) is 0 Å². The van der Waals surface area contributed by atoms with Crippen molar-refractivity contribution in [3.63, 3.8) is 0 Å². The Morgan fingerprint density at radius 2 is 1.50 bits per heavy atom. The summed E-state index contributed by atoms with van der Waals surface area (Å²) in [5, 5.41) is 0. The molecule has 0 bridgehead atoms. The van der Waals surface area contributed by atoms with Crippen molar-refractivity contribution >= 4 is 0 Å². The summed E-state index contributed by atoms with van der Waals surface area (Å²) >= 11 is 0. The van der Waals surface area contributed by atoms with E-state index in [0.717, 1.165) is 35.5 Å². The van der Waals surface area contributed by atoms with Gasteiger partial charge in [-0.3, -0.25) is 0 Å². The summed E-state index contributed by atoms with van der Waals surface area (Å²) in [4.78, 5) is 0. The molecule has 0 amide bonds. The van der Waals surface area contributed by atoms with Gasteiger partial charge >= 0.3 is 0 Å². The minimum Gasteiger partial charge on any atom is -0.0651 e. The first-order chi connectivity index (χ1) is 7.45. The molecule has 0 aliphatic heterocycles. The van der Waals surface area contributed by atoms with Gasteiger partial charge in [0.25, 0.3) is 0 Å². The molecule has 0 aromatic carbocycles. The third kappa shape index (κ3) is 4.11. The van der Waals surface area contributed by atoms with Crippen molar-refractivity contribution in [3.05, 3.63) is 0 Å². The zero-order chi connectivity index (χ0) is 12.3. The van der Waals surface area contributed by atoms with Gasteiger partial charge in [0.2, 0.25) is 0 Å². The second-order valence-electron chi connectivity index (χ2n) is 6.87. The van der Waals surface area contributed by atoms with Gasteiger partial charge in [-0.2, -0.15) is 0 Å². The van der Waals surface area contributed by atoms with Gasteiger partial charge in [-0.1, -0.05) is 48.0 Å². The third-order valence-electron chi connectivity index (χ3n) is 4.75. The van der Waals surface area contributed by atoms with Crippen molar-refractivity contribution in [2.24, 2.45) is 35.5 Å². The molecular weight excluding hydrogens is 192 g/mol. The highest BCUT2D eigenvalue weighted by Crippen LogP contribution is 2.50. The lowest BCUT2D eigenvalue weighted by molar-refractivity contribution is 0.305. The van der Waals surface area contributed by atoms with E-state index >= 15 is 0 Å². The van der Waals surface area contributed by atoms with Crippen LogP contribution >= 0.6 is 0 Å². The third-order valence-corrected chi connectivity index (χ3v) is 4.75. The number of rotatable bonds is 7. The Bertz CT molecular complexity index is 194. The van der Waals surface area contributed by atoms with Crippen molar-refractivity contribution in [1.82, 2.24) is 0 Å². The van der Waals surface area contributed by atoms with E-state index in [1.807, 2.05) is 0 Å². The van der Waals surface area contributed by atoms with Crippen LogP contribution in [0.3, 0.4) is 0 Å². The molecule has 1 aliphatic carbocycles. The maximum absolute atomic E-state index is 2.49. The lowest BCUT2D eigenvalue weighted by Crippen LogP contribution is -2.10. The fourth-order valence-electron chi connectivity index (χ4n) is 3.42. The molecule has 5 atom stereocenters. The van der Waals surface area contributed by atoms with Gasteiger partial charge in [0.1, 0.15) is 0 Å². The summed E-state index contributed by atoms with van der Waals surface area (Å²) in [5.41, 5.74) is 0. The molecule has 0 nitrogen and oxygen atoms in total. The summed E-state index contributed by atoms with van der Waals surface area (Å²) in [5.74, 6) is 5.83. The first kappa shape index (κ1) is 14.1. The molecule has 5 unspecified atom stereocenters. The van der Waals surface area contributed by atoms with E-state index in [-0.39, 0.29) is 0 Å². The van der Waals surface area contributed by atoms with Crippen LogP contribution in [-0.2, 0) is 0 Å². The van der Waals surface area contributed by atoms with Crippen molar-refractivity contribution in [3.8, 4) is 0 Å². The van der Waals surface area contributed by atoms with Gasteiger partial charge < -0.3 is 0 Å². The molecule has 0 saturated heterocycles. The largest absolute Gasteiger partial charge is 0.0651 e. The molecule has 0 spiro atoms. The fraction of sp³-hybridized carbons (Fsp3) is 1.00. The summed E-state index contributed by atoms with van der Waals surface area (Å²) in [6.07, 6.45) is 5.74. The maximum atomic E-state index is 2.49. The molecule has 0 aromatic heterocycles. The molecule has 1 fully saturated rings. The molecule has 96 valence electrons. The minimum absolute atomic E-state index is 0.914. The van der Waals surface area contributed by atoms with E-state index in [1.165, 1.54) is 25.7 Å². The van der Waals surface area contributed by atoms with E-state index in [2.05, 4.69) is 41.5 Å². The average molecular weight is 224 g/mol. The summed E-state index contributed by atoms with van der Waals surface area (Å²) < 4.78 is 0. The normalized spacial score (nSPS) is 30.2. The monoisotopic (exact) mass is 224 g/mol. The zero-order valence-electron chi connectivity index (χ0n) is 12.3. The SMILES string of the molecule is CCC(C)CC(C)CC(C)C1CC1C(C)C. The van der Waals surface area contributed by atoms with E-state index < -0.39 is 0 Å². The van der Waals surface area contributed by atoms with Crippen LogP contribution in [0.5, 0.6) is 0 Å². The Kier molecular flexibility index (Phi) is 5.34. The first-order valence-corrected chi connectivity index (χ1v) is 7.45. The van der Waals surface area contributed by atoms with Gasteiger partial charge in [-0.15, -0.1) is 0 Å². The summed E-state index contributed by atoms with van der Waals surface area (Å²) in [7, 11) is 0. The Hall–Kier alpha value is 0. The molecule has 0 aromatic rings. The summed E-state index contributed by atoms with van der Waals surface area (Å²) in [6, 6.07) is 0. The maximum Gasteiger partial charge on any atom is -0.0355 e. The Morgan fingerprint density at radius 3 is 1.94 bits per heavy atom. The molecule has 0 radical (unpaired) electrons. The molecule has 1 rings (SSSR count). The van der Waals surface area contributed by atoms with E-state index in [9.17, 15) is 0 Å². The zero-order valence-corrected chi connectivity index (χ0v) is 12.3. The second kappa shape index (κ2) is 6.07. The van der Waals surface area contributed by atoms with Crippen molar-refractivity contribution in [2.75, 3.05) is 0 Å². The van der Waals surface area contributed by atoms with Crippen LogP contribution in [0.15, 0.2) is 0 Å². The molecular formula is C16H32. The second-order valence-corrected chi connectivity index (χ2v) is 6.87. The Balaban J connectivity index is 2.22. The lowest BCUT2D eigenvalue weighted by atomic mass is 9.85. The molecule has 0 heterocycles. The van der Waals surface area contributed by atoms with Crippen LogP contribution in [0.1, 0.15) is 67.2 Å². The number of hydrogen-bond donors (Lipinski definition) is 0. The highest BCUT2D eigenvalue weighted by atomic mass is 14.5. The van der Waals surface area contributed by atoms with Crippen LogP contribution in [0.4, 0.5) is 0 Å². The molecule has 1 aliphatic rings. The Labute approximate surface area is 103 Å². The van der Waals surface area contributed by atoms with Crippen LogP contribution in [-0.4, -0.2) is 0 Å². The van der Waals surface area contributed by atoms with Crippen LogP contribution < -0.4 is 0 Å². The van der Waals surface area contributed by atoms with Gasteiger partial charge in [-0.25, -0.2) is 0 Å². The molecule has 16 heavy (non-hydrogen) atoms. The highest BCUT2D eigenvalue weighted by Gasteiger charge is 2.42. The molecule has 0 heteroatoms. The van der Waals surface area contributed by atoms with Crippen molar-refractivity contribution in [1.29, 1.82) is 0 Å². The standard InChI is InChI=1S/C16H32/c1-7-12(4)8-13(5)9-14(6)16-10-15(16)11(2)3/h11-16H,7-10H2,1-6H3. The van der Waals surface area contributed by atoms with E-state index in [4.69, 9.17) is 0 Å². The molecule has 1 saturated carbocycles. The average Bonchev–Trinajstić information content (AvgIpc) is 2.96. The van der Waals surface area contributed by atoms with E-state index in [1.54, 1.807) is 0 Å². The van der Waals surface area contributed by atoms with Gasteiger partial charge in [0.15, 0.2) is 0 Å². The lowest BCUT2D eigenvalue weighted by Gasteiger charge is -2.20. The predicted molar refractivity (Wildman–Crippen MR) is 73.5 cm³/mol. The van der Waals surface area contributed by atoms with Gasteiger partial charge in [-0.05, 0) is 54.8 Å². The topological polar surface area (TPSA) is 0 Å². The van der Waals surface area contributed by atoms with Crippen molar-refractivity contribution < 1.29 is 0 Å². The Morgan fingerprint density at radius 1 is 0.875 bits per heavy atom. The van der Waals surface area contributed by atoms with Crippen LogP contribution in [0.2, 0.25) is 0 Å². The van der Waals surface area contributed by atoms with Crippen LogP contribution in [0.25, 0.3) is 0 Å². The number of hydrogen-bond acceptors (Lipinski definition) is 0. The summed E-state index contributed by atoms with van der Waals surface area (Å²) in [6.45, 7) is 14.4. The quantitative estimate of drug-likeness (QED) is 0.545. The predicted octanol–water partition coefficient (Wildman–Crippen LogP) is 5.38. The smallest absolute Gasteiger partial charge is 0.0355 e. The first-order valence-electron chi connectivity index (χ1n) is 7.45. The minimum atomic E-state index is 0.914. The van der Waals surface area contributed by atoms with Crippen molar-refractivity contribution in [2.45, 2.75) is 67.2 Å². The van der Waals surface area contributed by atoms with Crippen LogP contribution in [0, 0.1) is 35.5 Å². The highest BCUT2D eigenvalue weighted by molar-refractivity contribution is 4.91. The van der Waals surface area contributed by atoms with Gasteiger partial charge in [0, 0.05) is 0 Å².